The Morgan fingerprint density at radius 1 is 1.18 bits per heavy atom. The molecule has 1 aromatic carbocycles. The molecule has 1 N–H and O–H groups in total. The number of hydrogen-bond donors (Lipinski definition) is 1. The van der Waals surface area contributed by atoms with Crippen molar-refractivity contribution in [2.45, 2.75) is 44.6 Å². The van der Waals surface area contributed by atoms with Crippen LogP contribution in [0.4, 0.5) is 8.78 Å². The van der Waals surface area contributed by atoms with Gasteiger partial charge in [0.25, 0.3) is 0 Å². The molecule has 1 aliphatic rings. The molecule has 0 aliphatic heterocycles. The van der Waals surface area contributed by atoms with Gasteiger partial charge in [0.05, 0.1) is 6.10 Å². The van der Waals surface area contributed by atoms with Crippen LogP contribution in [0.1, 0.15) is 37.7 Å². The van der Waals surface area contributed by atoms with Gasteiger partial charge in [0, 0.05) is 12.5 Å². The van der Waals surface area contributed by atoms with Gasteiger partial charge in [-0.25, -0.2) is 8.78 Å². The van der Waals surface area contributed by atoms with E-state index in [1.807, 2.05) is 0 Å². The van der Waals surface area contributed by atoms with Gasteiger partial charge in [0.15, 0.2) is 0 Å². The van der Waals surface area contributed by atoms with E-state index >= 15 is 0 Å². The number of halogens is 2. The third-order valence-electron chi connectivity index (χ3n) is 3.64. The highest BCUT2D eigenvalue weighted by molar-refractivity contribution is 5.19. The summed E-state index contributed by atoms with van der Waals surface area (Å²) < 4.78 is 26.2. The molecule has 1 aromatic rings. The SMILES string of the molecule is OC(Cc1ccc(F)cc1F)C1CCCCC1. The molecule has 17 heavy (non-hydrogen) atoms. The van der Waals surface area contributed by atoms with E-state index in [0.717, 1.165) is 31.7 Å². The molecule has 0 radical (unpaired) electrons. The molecule has 1 atom stereocenters. The first kappa shape index (κ1) is 12.5. The monoisotopic (exact) mass is 240 g/mol. The Bertz CT molecular complexity index is 372. The molecule has 0 bridgehead atoms. The molecule has 1 saturated carbocycles. The Hall–Kier alpha value is -0.960. The topological polar surface area (TPSA) is 20.2 Å². The molecule has 0 heterocycles. The van der Waals surface area contributed by atoms with E-state index in [9.17, 15) is 13.9 Å². The predicted octanol–water partition coefficient (Wildman–Crippen LogP) is 3.45. The fourth-order valence-corrected chi connectivity index (χ4v) is 2.60. The number of hydrogen-bond acceptors (Lipinski definition) is 1. The molecule has 1 fully saturated rings. The summed E-state index contributed by atoms with van der Waals surface area (Å²) in [6, 6.07) is 3.55. The Kier molecular flexibility index (Phi) is 4.11. The van der Waals surface area contributed by atoms with E-state index < -0.39 is 17.7 Å². The van der Waals surface area contributed by atoms with Gasteiger partial charge in [0.2, 0.25) is 0 Å². The third kappa shape index (κ3) is 3.25. The quantitative estimate of drug-likeness (QED) is 0.858. The summed E-state index contributed by atoms with van der Waals surface area (Å²) in [7, 11) is 0. The maximum Gasteiger partial charge on any atom is 0.129 e. The first-order valence-corrected chi connectivity index (χ1v) is 6.29. The maximum absolute atomic E-state index is 13.4. The number of rotatable bonds is 3. The van der Waals surface area contributed by atoms with Crippen molar-refractivity contribution in [1.29, 1.82) is 0 Å². The number of aliphatic hydroxyl groups excluding tert-OH is 1. The van der Waals surface area contributed by atoms with Crippen LogP contribution in [0.2, 0.25) is 0 Å². The van der Waals surface area contributed by atoms with E-state index in [0.29, 0.717) is 5.56 Å². The van der Waals surface area contributed by atoms with Gasteiger partial charge >= 0.3 is 0 Å². The minimum absolute atomic E-state index is 0.271. The van der Waals surface area contributed by atoms with Gasteiger partial charge in [0.1, 0.15) is 11.6 Å². The Morgan fingerprint density at radius 3 is 2.53 bits per heavy atom. The average Bonchev–Trinajstić information content (AvgIpc) is 2.34. The molecule has 1 aliphatic carbocycles. The predicted molar refractivity (Wildman–Crippen MR) is 62.6 cm³/mol. The molecule has 1 unspecified atom stereocenters. The van der Waals surface area contributed by atoms with Gasteiger partial charge in [-0.1, -0.05) is 25.3 Å². The molecule has 2 rings (SSSR count). The summed E-state index contributed by atoms with van der Waals surface area (Å²) in [6.45, 7) is 0. The van der Waals surface area contributed by atoms with Crippen molar-refractivity contribution < 1.29 is 13.9 Å². The summed E-state index contributed by atoms with van der Waals surface area (Å²) in [5.41, 5.74) is 0.407. The normalized spacial score (nSPS) is 19.2. The lowest BCUT2D eigenvalue weighted by Crippen LogP contribution is -2.25. The highest BCUT2D eigenvalue weighted by Crippen LogP contribution is 2.28. The first-order valence-electron chi connectivity index (χ1n) is 6.29. The zero-order valence-corrected chi connectivity index (χ0v) is 9.83. The summed E-state index contributed by atoms with van der Waals surface area (Å²) in [6.07, 6.45) is 5.34. The lowest BCUT2D eigenvalue weighted by atomic mass is 9.83. The van der Waals surface area contributed by atoms with Crippen molar-refractivity contribution in [2.75, 3.05) is 0 Å². The molecule has 0 aromatic heterocycles. The molecule has 0 amide bonds. The van der Waals surface area contributed by atoms with E-state index in [4.69, 9.17) is 0 Å². The van der Waals surface area contributed by atoms with Gasteiger partial charge in [-0.05, 0) is 30.4 Å². The van der Waals surface area contributed by atoms with Crippen LogP contribution < -0.4 is 0 Å². The van der Waals surface area contributed by atoms with Crippen LogP contribution in [-0.2, 0) is 6.42 Å². The van der Waals surface area contributed by atoms with Crippen molar-refractivity contribution in [3.63, 3.8) is 0 Å². The molecule has 3 heteroatoms. The van der Waals surface area contributed by atoms with Crippen molar-refractivity contribution in [1.82, 2.24) is 0 Å². The Balaban J connectivity index is 1.99. The van der Waals surface area contributed by atoms with Crippen LogP contribution in [-0.4, -0.2) is 11.2 Å². The van der Waals surface area contributed by atoms with Crippen LogP contribution in [0.5, 0.6) is 0 Å². The van der Waals surface area contributed by atoms with E-state index in [1.54, 1.807) is 0 Å². The molecule has 1 nitrogen and oxygen atoms in total. The van der Waals surface area contributed by atoms with Crippen LogP contribution in [0.3, 0.4) is 0 Å². The van der Waals surface area contributed by atoms with Crippen LogP contribution >= 0.6 is 0 Å². The standard InChI is InChI=1S/C14H18F2O/c15-12-7-6-11(13(16)9-12)8-14(17)10-4-2-1-3-5-10/h6-7,9-10,14,17H,1-5,8H2. The van der Waals surface area contributed by atoms with Crippen LogP contribution in [0.25, 0.3) is 0 Å². The smallest absolute Gasteiger partial charge is 0.129 e. The fraction of sp³-hybridized carbons (Fsp3) is 0.571. The lowest BCUT2D eigenvalue weighted by Gasteiger charge is -2.26. The minimum Gasteiger partial charge on any atom is -0.392 e. The number of benzene rings is 1. The van der Waals surface area contributed by atoms with Gasteiger partial charge in [-0.15, -0.1) is 0 Å². The van der Waals surface area contributed by atoms with Crippen molar-refractivity contribution >= 4 is 0 Å². The summed E-state index contributed by atoms with van der Waals surface area (Å²) in [5.74, 6) is -0.855. The summed E-state index contributed by atoms with van der Waals surface area (Å²) in [4.78, 5) is 0. The molecular formula is C14H18F2O. The van der Waals surface area contributed by atoms with Gasteiger partial charge in [-0.3, -0.25) is 0 Å². The third-order valence-corrected chi connectivity index (χ3v) is 3.64. The van der Waals surface area contributed by atoms with Crippen molar-refractivity contribution in [3.8, 4) is 0 Å². The lowest BCUT2D eigenvalue weighted by molar-refractivity contribution is 0.0843. The second-order valence-corrected chi connectivity index (χ2v) is 4.91. The van der Waals surface area contributed by atoms with Crippen molar-refractivity contribution in [2.24, 2.45) is 5.92 Å². The highest BCUT2D eigenvalue weighted by atomic mass is 19.1. The zero-order chi connectivity index (χ0) is 12.3. The van der Waals surface area contributed by atoms with Gasteiger partial charge < -0.3 is 5.11 Å². The highest BCUT2D eigenvalue weighted by Gasteiger charge is 2.22. The van der Waals surface area contributed by atoms with Crippen LogP contribution in [0, 0.1) is 17.6 Å². The van der Waals surface area contributed by atoms with E-state index in [-0.39, 0.29) is 12.3 Å². The zero-order valence-electron chi connectivity index (χ0n) is 9.83. The molecule has 0 spiro atoms. The van der Waals surface area contributed by atoms with Crippen molar-refractivity contribution in [3.05, 3.63) is 35.4 Å². The van der Waals surface area contributed by atoms with E-state index in [1.165, 1.54) is 18.6 Å². The molecular weight excluding hydrogens is 222 g/mol. The Morgan fingerprint density at radius 2 is 1.88 bits per heavy atom. The average molecular weight is 240 g/mol. The minimum atomic E-state index is -0.571. The second-order valence-electron chi connectivity index (χ2n) is 4.91. The maximum atomic E-state index is 13.4. The molecule has 0 saturated heterocycles. The Labute approximate surface area is 100 Å². The summed E-state index contributed by atoms with van der Waals surface area (Å²) in [5, 5.41) is 10.1. The second kappa shape index (κ2) is 5.58. The fourth-order valence-electron chi connectivity index (χ4n) is 2.60. The van der Waals surface area contributed by atoms with Gasteiger partial charge in [-0.2, -0.15) is 0 Å². The molecule has 94 valence electrons. The van der Waals surface area contributed by atoms with E-state index in [2.05, 4.69) is 0 Å². The van der Waals surface area contributed by atoms with Crippen LogP contribution in [0.15, 0.2) is 18.2 Å². The first-order chi connectivity index (χ1) is 8.16. The summed E-state index contributed by atoms with van der Waals surface area (Å²) >= 11 is 0. The number of aliphatic hydroxyl groups is 1. The largest absolute Gasteiger partial charge is 0.392 e.